The second kappa shape index (κ2) is 56.2. The van der Waals surface area contributed by atoms with Crippen LogP contribution < -0.4 is 9.47 Å². The monoisotopic (exact) mass is 1760 g/mol. The maximum atomic E-state index is 12.1. The van der Waals surface area contributed by atoms with Crippen LogP contribution in [0.3, 0.4) is 0 Å². The zero-order valence-corrected chi connectivity index (χ0v) is 61.7. The van der Waals surface area contributed by atoms with Crippen LogP contribution in [0.5, 0.6) is 11.5 Å². The van der Waals surface area contributed by atoms with Crippen LogP contribution in [-0.2, 0) is 19.1 Å². The summed E-state index contributed by atoms with van der Waals surface area (Å²) in [5, 5.41) is 0. The Morgan fingerprint density at radius 3 is 0.603 bits per heavy atom. The average molecular weight is 1760 g/mol. The van der Waals surface area contributed by atoms with Gasteiger partial charge >= 0.3 is 11.9 Å². The fourth-order valence-corrected chi connectivity index (χ4v) is 18.1. The molecule has 2 aromatic rings. The van der Waals surface area contributed by atoms with E-state index in [2.05, 4.69) is 160 Å². The molecule has 0 N–H and O–H groups in total. The molecule has 0 fully saturated rings. The van der Waals surface area contributed by atoms with Crippen LogP contribution >= 0.6 is 136 Å². The zero-order valence-electron chi connectivity index (χ0n) is 48.8. The zero-order chi connectivity index (χ0) is 56.2. The summed E-state index contributed by atoms with van der Waals surface area (Å²) in [6.45, 7) is 2.02. The van der Waals surface area contributed by atoms with Gasteiger partial charge in [-0.3, -0.25) is 9.59 Å². The highest BCUT2D eigenvalue weighted by Crippen LogP contribution is 2.31. The Hall–Kier alpha value is 1.36. The Morgan fingerprint density at radius 2 is 0.410 bits per heavy atom. The van der Waals surface area contributed by atoms with E-state index < -0.39 is 0 Å². The third-order valence-electron chi connectivity index (χ3n) is 15.1. The molecule has 78 heavy (non-hydrogen) atoms. The van der Waals surface area contributed by atoms with E-state index in [0.29, 0.717) is 12.8 Å². The van der Waals surface area contributed by atoms with Crippen molar-refractivity contribution in [1.82, 2.24) is 0 Å². The summed E-state index contributed by atoms with van der Waals surface area (Å²) in [5.41, 5.74) is 0. The Balaban J connectivity index is 1.16. The molecule has 0 aliphatic heterocycles. The summed E-state index contributed by atoms with van der Waals surface area (Å²) in [6, 6.07) is 8.75. The number of unbranched alkanes of at least 4 members (excludes halogenated alkanes) is 44. The topological polar surface area (TPSA) is 71.1 Å². The number of rotatable bonds is 57. The van der Waals surface area contributed by atoms with Gasteiger partial charge in [0, 0.05) is 20.0 Å². The predicted octanol–water partition coefficient (Wildman–Crippen LogP) is 24.6. The van der Waals surface area contributed by atoms with Gasteiger partial charge < -0.3 is 18.9 Å². The van der Waals surface area contributed by atoms with E-state index in [-0.39, 0.29) is 25.2 Å². The molecule has 0 aliphatic carbocycles. The Labute approximate surface area is 561 Å². The normalized spacial score (nSPS) is 11.4. The molecule has 0 radical (unpaired) electrons. The molecule has 0 aromatic heterocycles. The van der Waals surface area contributed by atoms with Crippen LogP contribution in [0.2, 0.25) is 0 Å². The lowest BCUT2D eigenvalue weighted by Gasteiger charge is -2.11. The lowest BCUT2D eigenvalue weighted by atomic mass is 10.0. The number of hydrogen-bond acceptors (Lipinski definition) is 6. The molecule has 0 saturated heterocycles. The van der Waals surface area contributed by atoms with Crippen molar-refractivity contribution < 1.29 is 28.5 Å². The molecular formula is C66H108I6O6. The SMILES string of the molecule is O=C(CCCCCCCCCCCCCCCCCCCCCCCCCOc1c(I)cc(I)cc1I)OCCOC(=O)CCCCCCCCCCCCCCCCCCCCCCCCCOc1c(I)cc(I)cc1I. The Bertz CT molecular complexity index is 1560. The fraction of sp³-hybridized carbons (Fsp3) is 0.788. The molecule has 0 bridgehead atoms. The highest BCUT2D eigenvalue weighted by atomic mass is 127. The van der Waals surface area contributed by atoms with Crippen LogP contribution in [0.25, 0.3) is 0 Å². The van der Waals surface area contributed by atoms with Crippen LogP contribution in [0.15, 0.2) is 24.3 Å². The lowest BCUT2D eigenvalue weighted by molar-refractivity contribution is -0.152. The molecule has 0 atom stereocenters. The number of carbonyl (C=O) groups excluding carboxylic acids is 2. The van der Waals surface area contributed by atoms with Crippen molar-refractivity contribution >= 4 is 147 Å². The van der Waals surface area contributed by atoms with Gasteiger partial charge in [-0.05, 0) is 185 Å². The minimum Gasteiger partial charge on any atom is -0.491 e. The molecule has 12 heteroatoms. The standard InChI is InChI=1S/C66H108I6O6/c67-57-53-59(69)65(60(70)54-57)77-49-45-41-37-33-29-25-21-17-13-9-5-1-3-7-11-15-19-23-27-31-35-39-43-47-63(73)75-51-52-76-64(74)48-44-40-36-32-28-24-20-16-12-8-4-2-6-10-14-18-22-26-30-34-38-42-46-50-78-66-61(71)55-58(68)56-62(66)72/h53-56H,1-52H2. The first-order valence-electron chi connectivity index (χ1n) is 32.0. The molecule has 450 valence electrons. The number of hydrogen-bond donors (Lipinski definition) is 0. The van der Waals surface area contributed by atoms with Gasteiger partial charge in [0.05, 0.1) is 27.5 Å². The summed E-state index contributed by atoms with van der Waals surface area (Å²) >= 11 is 14.3. The van der Waals surface area contributed by atoms with E-state index in [1.807, 2.05) is 0 Å². The average Bonchev–Trinajstić information content (AvgIpc) is 3.40. The summed E-state index contributed by atoms with van der Waals surface area (Å²) in [7, 11) is 0. The van der Waals surface area contributed by atoms with Crippen molar-refractivity contribution in [2.45, 2.75) is 308 Å². The van der Waals surface area contributed by atoms with E-state index in [1.54, 1.807) is 0 Å². The van der Waals surface area contributed by atoms with Gasteiger partial charge in [0.15, 0.2) is 0 Å². The minimum atomic E-state index is -0.165. The number of carbonyl (C=O) groups is 2. The maximum absolute atomic E-state index is 12.1. The molecule has 0 spiro atoms. The van der Waals surface area contributed by atoms with Crippen LogP contribution in [0.4, 0.5) is 0 Å². The summed E-state index contributed by atoms with van der Waals surface area (Å²) < 4.78 is 30.2. The first kappa shape index (κ1) is 75.5. The molecule has 0 amide bonds. The molecule has 0 saturated carbocycles. The van der Waals surface area contributed by atoms with Gasteiger partial charge in [0.1, 0.15) is 24.7 Å². The fourth-order valence-electron chi connectivity index (χ4n) is 10.3. The first-order chi connectivity index (χ1) is 38.2. The van der Waals surface area contributed by atoms with E-state index in [4.69, 9.17) is 18.9 Å². The number of esters is 2. The highest BCUT2D eigenvalue weighted by Gasteiger charge is 2.10. The van der Waals surface area contributed by atoms with Crippen LogP contribution in [0.1, 0.15) is 308 Å². The molecular weight excluding hydrogens is 1650 g/mol. The summed E-state index contributed by atoms with van der Waals surface area (Å²) in [5.74, 6) is 1.79. The summed E-state index contributed by atoms with van der Waals surface area (Å²) in [4.78, 5) is 24.2. The van der Waals surface area contributed by atoms with E-state index >= 15 is 0 Å². The van der Waals surface area contributed by atoms with Crippen molar-refractivity contribution in [1.29, 1.82) is 0 Å². The van der Waals surface area contributed by atoms with E-state index in [1.165, 1.54) is 278 Å². The quantitative estimate of drug-likeness (QED) is 0.0373. The highest BCUT2D eigenvalue weighted by molar-refractivity contribution is 14.1. The third kappa shape index (κ3) is 46.6. The van der Waals surface area contributed by atoms with Crippen LogP contribution in [0, 0.1) is 21.4 Å². The second-order valence-corrected chi connectivity index (χ2v) is 29.4. The van der Waals surface area contributed by atoms with Crippen molar-refractivity contribution in [2.75, 3.05) is 26.4 Å². The van der Waals surface area contributed by atoms with Gasteiger partial charge in [-0.15, -0.1) is 0 Å². The van der Waals surface area contributed by atoms with E-state index in [9.17, 15) is 9.59 Å². The summed E-state index contributed by atoms with van der Waals surface area (Å²) in [6.07, 6.45) is 62.1. The van der Waals surface area contributed by atoms with Gasteiger partial charge in [0.25, 0.3) is 0 Å². The maximum Gasteiger partial charge on any atom is 0.305 e. The molecule has 6 nitrogen and oxygen atoms in total. The Morgan fingerprint density at radius 1 is 0.244 bits per heavy atom. The van der Waals surface area contributed by atoms with Gasteiger partial charge in [0.2, 0.25) is 0 Å². The lowest BCUT2D eigenvalue weighted by Crippen LogP contribution is -2.13. The third-order valence-corrected chi connectivity index (χ3v) is 19.5. The predicted molar refractivity (Wildman–Crippen MR) is 384 cm³/mol. The molecule has 2 aromatic carbocycles. The Kier molecular flexibility index (Phi) is 54.4. The van der Waals surface area contributed by atoms with Gasteiger partial charge in [-0.1, -0.05) is 270 Å². The molecule has 0 unspecified atom stereocenters. The van der Waals surface area contributed by atoms with Crippen molar-refractivity contribution in [3.63, 3.8) is 0 Å². The van der Waals surface area contributed by atoms with Gasteiger partial charge in [-0.2, -0.15) is 0 Å². The van der Waals surface area contributed by atoms with Crippen molar-refractivity contribution in [2.24, 2.45) is 0 Å². The smallest absolute Gasteiger partial charge is 0.305 e. The van der Waals surface area contributed by atoms with Crippen molar-refractivity contribution in [3.05, 3.63) is 45.7 Å². The minimum absolute atomic E-state index is 0.165. The molecule has 2 rings (SSSR count). The first-order valence-corrected chi connectivity index (χ1v) is 38.5. The van der Waals surface area contributed by atoms with Crippen LogP contribution in [-0.4, -0.2) is 38.4 Å². The number of halogens is 6. The molecule has 0 heterocycles. The number of benzene rings is 2. The molecule has 0 aliphatic rings. The van der Waals surface area contributed by atoms with Gasteiger partial charge in [-0.25, -0.2) is 0 Å². The van der Waals surface area contributed by atoms with Crippen molar-refractivity contribution in [3.8, 4) is 11.5 Å². The van der Waals surface area contributed by atoms with E-state index in [0.717, 1.165) is 63.2 Å². The second-order valence-electron chi connectivity index (χ2n) is 22.3. The largest absolute Gasteiger partial charge is 0.491 e. The number of ether oxygens (including phenoxy) is 4.